The predicted octanol–water partition coefficient (Wildman–Crippen LogP) is 0.860. The van der Waals surface area contributed by atoms with Gasteiger partial charge in [0.15, 0.2) is 5.69 Å². The summed E-state index contributed by atoms with van der Waals surface area (Å²) in [5, 5.41) is 0. The van der Waals surface area contributed by atoms with E-state index in [2.05, 4.69) is 72.4 Å². The molecule has 2 aromatic rings. The second kappa shape index (κ2) is 13.0. The van der Waals surface area contributed by atoms with Crippen molar-refractivity contribution < 1.29 is 63.1 Å². The SMILES string of the molecule is CC.CC.CN1CCN(C2=Nc3ccccc3[NH+](C)c3ccccc32)CC1.[Rb+]. The van der Waals surface area contributed by atoms with Crippen LogP contribution in [0.2, 0.25) is 0 Å². The van der Waals surface area contributed by atoms with Gasteiger partial charge in [0.25, 0.3) is 0 Å². The van der Waals surface area contributed by atoms with Crippen molar-refractivity contribution >= 4 is 22.9 Å². The van der Waals surface area contributed by atoms with Crippen molar-refractivity contribution in [3.63, 3.8) is 0 Å². The molecule has 1 atom stereocenters. The topological polar surface area (TPSA) is 23.3 Å². The molecule has 4 rings (SSSR count). The first-order chi connectivity index (χ1) is 13.2. The molecule has 0 amide bonds. The first-order valence-electron chi connectivity index (χ1n) is 10.3. The Kier molecular flexibility index (Phi) is 12.0. The Bertz CT molecular complexity index is 752. The number of amidine groups is 1. The van der Waals surface area contributed by atoms with Crippen LogP contribution in [0, 0.1) is 0 Å². The fourth-order valence-corrected chi connectivity index (χ4v) is 3.47. The Hall–Kier alpha value is -0.365. The molecule has 0 saturated carbocycles. The molecule has 1 saturated heterocycles. The van der Waals surface area contributed by atoms with Gasteiger partial charge in [-0.3, -0.25) is 4.90 Å². The van der Waals surface area contributed by atoms with Crippen LogP contribution in [0.5, 0.6) is 0 Å². The zero-order valence-electron chi connectivity index (χ0n) is 18.8. The van der Waals surface area contributed by atoms with Crippen LogP contribution >= 0.6 is 0 Å². The minimum absolute atomic E-state index is 0. The number of benzene rings is 2. The van der Waals surface area contributed by atoms with Crippen molar-refractivity contribution in [2.45, 2.75) is 27.7 Å². The molecule has 2 aliphatic heterocycles. The molecule has 1 N–H and O–H groups in total. The molecule has 1 unspecified atom stereocenters. The fraction of sp³-hybridized carbons (Fsp3) is 0.435. The number of aliphatic imine (C=N–C) groups is 1. The Balaban J connectivity index is 0.000000739. The molecule has 0 aliphatic carbocycles. The molecule has 2 aromatic carbocycles. The summed E-state index contributed by atoms with van der Waals surface area (Å²) in [7, 11) is 4.40. The molecule has 5 heteroatoms. The standard InChI is InChI=1S/C19H22N4.2C2H6.Rb/c1-21-11-13-23(14-12-21)19-15-7-3-5-9-17(15)22(2)18-10-6-4-8-16(18)20-19;2*1-2;/h3-10H,11-14H2,1-2H3;2*1-2H3;/q;;;+1/p+1. The van der Waals surface area contributed by atoms with Gasteiger partial charge in [-0.05, 0) is 19.2 Å². The van der Waals surface area contributed by atoms with Crippen LogP contribution in [0.25, 0.3) is 0 Å². The number of hydrogen-bond acceptors (Lipinski definition) is 3. The second-order valence-corrected chi connectivity index (χ2v) is 6.41. The van der Waals surface area contributed by atoms with E-state index in [1.54, 1.807) is 0 Å². The van der Waals surface area contributed by atoms with Crippen molar-refractivity contribution in [3.8, 4) is 0 Å². The van der Waals surface area contributed by atoms with E-state index in [1.165, 1.54) is 21.8 Å². The normalized spacial score (nSPS) is 17.9. The maximum atomic E-state index is 5.08. The van der Waals surface area contributed by atoms with E-state index in [-0.39, 0.29) is 58.2 Å². The maximum absolute atomic E-state index is 5.08. The molecule has 146 valence electrons. The number of quaternary nitrogens is 1. The summed E-state index contributed by atoms with van der Waals surface area (Å²) in [4.78, 5) is 11.2. The van der Waals surface area contributed by atoms with E-state index in [0.717, 1.165) is 37.7 Å². The molecular formula is C23H35N4Rb+2. The predicted molar refractivity (Wildman–Crippen MR) is 117 cm³/mol. The quantitative estimate of drug-likeness (QED) is 0.641. The summed E-state index contributed by atoms with van der Waals surface area (Å²) in [5.74, 6) is 1.12. The largest absolute Gasteiger partial charge is 1.00 e. The number of hydrogen-bond donors (Lipinski definition) is 1. The summed E-state index contributed by atoms with van der Waals surface area (Å²) in [6, 6.07) is 17.2. The Morgan fingerprint density at radius 3 is 1.96 bits per heavy atom. The van der Waals surface area contributed by atoms with Gasteiger partial charge in [0, 0.05) is 38.3 Å². The van der Waals surface area contributed by atoms with Gasteiger partial charge in [0.05, 0.1) is 12.6 Å². The summed E-state index contributed by atoms with van der Waals surface area (Å²) in [6.07, 6.45) is 0. The van der Waals surface area contributed by atoms with Crippen LogP contribution in [-0.2, 0) is 0 Å². The summed E-state index contributed by atoms with van der Waals surface area (Å²) in [6.45, 7) is 12.2. The summed E-state index contributed by atoms with van der Waals surface area (Å²) >= 11 is 0. The van der Waals surface area contributed by atoms with Crippen molar-refractivity contribution in [1.82, 2.24) is 9.80 Å². The summed E-state index contributed by atoms with van der Waals surface area (Å²) < 4.78 is 0. The van der Waals surface area contributed by atoms with Gasteiger partial charge in [-0.25, -0.2) is 4.99 Å². The Morgan fingerprint density at radius 2 is 1.32 bits per heavy atom. The van der Waals surface area contributed by atoms with Crippen LogP contribution in [-0.4, -0.2) is 55.9 Å². The third-order valence-electron chi connectivity index (χ3n) is 4.91. The van der Waals surface area contributed by atoms with Crippen LogP contribution < -0.4 is 63.1 Å². The zero-order chi connectivity index (χ0) is 19.8. The van der Waals surface area contributed by atoms with E-state index in [9.17, 15) is 0 Å². The minimum Gasteiger partial charge on any atom is -0.353 e. The maximum Gasteiger partial charge on any atom is 1.00 e. The number of rotatable bonds is 0. The van der Waals surface area contributed by atoms with Gasteiger partial charge < -0.3 is 9.80 Å². The van der Waals surface area contributed by atoms with E-state index in [4.69, 9.17) is 4.99 Å². The van der Waals surface area contributed by atoms with Gasteiger partial charge >= 0.3 is 58.2 Å². The number of likely N-dealkylation sites (N-methyl/N-ethyl adjacent to an activating group) is 1. The van der Waals surface area contributed by atoms with Crippen molar-refractivity contribution in [2.75, 3.05) is 40.3 Å². The van der Waals surface area contributed by atoms with Gasteiger partial charge in [-0.1, -0.05) is 52.0 Å². The first kappa shape index (κ1) is 25.7. The van der Waals surface area contributed by atoms with Gasteiger partial charge in [0.1, 0.15) is 17.2 Å². The van der Waals surface area contributed by atoms with E-state index < -0.39 is 0 Å². The van der Waals surface area contributed by atoms with Crippen LogP contribution in [0.3, 0.4) is 0 Å². The van der Waals surface area contributed by atoms with Crippen molar-refractivity contribution in [3.05, 3.63) is 54.1 Å². The van der Waals surface area contributed by atoms with Crippen molar-refractivity contribution in [2.24, 2.45) is 4.99 Å². The van der Waals surface area contributed by atoms with Gasteiger partial charge in [-0.2, -0.15) is 0 Å². The van der Waals surface area contributed by atoms with Gasteiger partial charge in [-0.15, -0.1) is 0 Å². The molecule has 1 fully saturated rings. The first-order valence-corrected chi connectivity index (χ1v) is 10.3. The number of fused-ring (bicyclic) bond motifs is 2. The van der Waals surface area contributed by atoms with Crippen molar-refractivity contribution in [1.29, 1.82) is 0 Å². The molecule has 2 aliphatic rings. The number of para-hydroxylation sites is 3. The summed E-state index contributed by atoms with van der Waals surface area (Å²) in [5.41, 5.74) is 4.88. The minimum atomic E-state index is 0. The smallest absolute Gasteiger partial charge is 0.353 e. The van der Waals surface area contributed by atoms with E-state index >= 15 is 0 Å². The molecular weight excluding hydrogens is 418 g/mol. The number of piperazine rings is 1. The molecule has 0 radical (unpaired) electrons. The van der Waals surface area contributed by atoms with Gasteiger partial charge in [0.2, 0.25) is 0 Å². The molecule has 2 heterocycles. The molecule has 28 heavy (non-hydrogen) atoms. The second-order valence-electron chi connectivity index (χ2n) is 6.41. The van der Waals surface area contributed by atoms with Crippen LogP contribution in [0.15, 0.2) is 53.5 Å². The monoisotopic (exact) mass is 452 g/mol. The Labute approximate surface area is 220 Å². The van der Waals surface area contributed by atoms with E-state index in [1.807, 2.05) is 27.7 Å². The molecule has 0 bridgehead atoms. The number of nitrogens with zero attached hydrogens (tertiary/aromatic N) is 3. The third kappa shape index (κ3) is 5.84. The molecule has 4 nitrogen and oxygen atoms in total. The van der Waals surface area contributed by atoms with E-state index in [0.29, 0.717) is 0 Å². The number of nitrogens with one attached hydrogen (secondary N) is 1. The molecule has 0 spiro atoms. The Morgan fingerprint density at radius 1 is 0.786 bits per heavy atom. The molecule has 0 aromatic heterocycles. The average molecular weight is 453 g/mol. The van der Waals surface area contributed by atoms with Crippen LogP contribution in [0.4, 0.5) is 17.1 Å². The fourth-order valence-electron chi connectivity index (χ4n) is 3.47. The average Bonchev–Trinajstić information content (AvgIpc) is 2.87. The zero-order valence-corrected chi connectivity index (χ0v) is 23.7. The van der Waals surface area contributed by atoms with Crippen LogP contribution in [0.1, 0.15) is 33.3 Å². The third-order valence-corrected chi connectivity index (χ3v) is 4.91.